The van der Waals surface area contributed by atoms with Crippen LogP contribution in [-0.4, -0.2) is 35.1 Å². The van der Waals surface area contributed by atoms with E-state index in [0.717, 1.165) is 0 Å². The number of hydrogen-bond acceptors (Lipinski definition) is 5. The van der Waals surface area contributed by atoms with E-state index < -0.39 is 5.97 Å². The van der Waals surface area contributed by atoms with E-state index in [-0.39, 0.29) is 23.6 Å². The van der Waals surface area contributed by atoms with Gasteiger partial charge in [0.25, 0.3) is 0 Å². The third-order valence-electron chi connectivity index (χ3n) is 2.62. The van der Waals surface area contributed by atoms with Gasteiger partial charge in [-0.1, -0.05) is 0 Å². The number of amides is 1. The maximum absolute atomic E-state index is 11.7. The number of rotatable bonds is 4. The zero-order chi connectivity index (χ0) is 12.4. The fourth-order valence-electron chi connectivity index (χ4n) is 1.45. The Bertz CT molecular complexity index is 442. The van der Waals surface area contributed by atoms with E-state index in [1.807, 2.05) is 0 Å². The molecule has 2 rings (SSSR count). The van der Waals surface area contributed by atoms with E-state index in [2.05, 4.69) is 15.6 Å². The average Bonchev–Trinajstić information content (AvgIpc) is 2.62. The molecular weight excluding hydrogens is 242 g/mol. The highest BCUT2D eigenvalue weighted by Crippen LogP contribution is 2.18. The monoisotopic (exact) mass is 255 g/mol. The molecule has 1 aromatic heterocycles. The van der Waals surface area contributed by atoms with Crippen molar-refractivity contribution >= 4 is 23.2 Å². The second-order valence-corrected chi connectivity index (χ2v) is 4.85. The fraction of sp³-hybridized carbons (Fsp3) is 0.500. The Morgan fingerprint density at radius 1 is 1.65 bits per heavy atom. The standard InChI is InChI=1S/C10H13N3O3S/c1-5(12-8(14)6-2-11-3-6)9-13-7(4-17-9)10(15)16/h4-6,11H,2-3H2,1H3,(H,12,14)(H,15,16). The summed E-state index contributed by atoms with van der Waals surface area (Å²) in [5, 5.41) is 16.7. The maximum Gasteiger partial charge on any atom is 0.355 e. The normalized spacial score (nSPS) is 17.2. The van der Waals surface area contributed by atoms with Gasteiger partial charge in [-0.25, -0.2) is 9.78 Å². The lowest BCUT2D eigenvalue weighted by Crippen LogP contribution is -2.51. The summed E-state index contributed by atoms with van der Waals surface area (Å²) in [6.07, 6.45) is 0. The molecule has 0 aromatic carbocycles. The molecule has 1 aliphatic rings. The summed E-state index contributed by atoms with van der Waals surface area (Å²) >= 11 is 1.24. The number of carbonyl (C=O) groups is 2. The predicted octanol–water partition coefficient (Wildman–Crippen LogP) is 0.238. The first-order chi connectivity index (χ1) is 8.08. The van der Waals surface area contributed by atoms with Gasteiger partial charge in [0.15, 0.2) is 5.69 Å². The largest absolute Gasteiger partial charge is 0.476 e. The molecule has 0 spiro atoms. The number of carboxylic acid groups (broad SMARTS) is 1. The van der Waals surface area contributed by atoms with Crippen molar-refractivity contribution in [1.82, 2.24) is 15.6 Å². The van der Waals surface area contributed by atoms with Crippen molar-refractivity contribution < 1.29 is 14.7 Å². The molecule has 1 atom stereocenters. The summed E-state index contributed by atoms with van der Waals surface area (Å²) in [5.41, 5.74) is 0.0245. The molecule has 2 heterocycles. The van der Waals surface area contributed by atoms with E-state index in [0.29, 0.717) is 18.1 Å². The predicted molar refractivity (Wildman–Crippen MR) is 62.0 cm³/mol. The molecule has 1 amide bonds. The zero-order valence-corrected chi connectivity index (χ0v) is 10.1. The van der Waals surface area contributed by atoms with Gasteiger partial charge in [-0.3, -0.25) is 4.79 Å². The van der Waals surface area contributed by atoms with Gasteiger partial charge in [-0.15, -0.1) is 11.3 Å². The van der Waals surface area contributed by atoms with Gasteiger partial charge >= 0.3 is 5.97 Å². The minimum atomic E-state index is -1.05. The van der Waals surface area contributed by atoms with Crippen LogP contribution in [0, 0.1) is 5.92 Å². The van der Waals surface area contributed by atoms with Crippen LogP contribution in [0.2, 0.25) is 0 Å². The summed E-state index contributed by atoms with van der Waals surface area (Å²) in [4.78, 5) is 26.3. The number of carboxylic acids is 1. The molecule has 0 aliphatic carbocycles. The topological polar surface area (TPSA) is 91.3 Å². The summed E-state index contributed by atoms with van der Waals surface area (Å²) in [7, 11) is 0. The summed E-state index contributed by atoms with van der Waals surface area (Å²) in [6.45, 7) is 3.21. The molecule has 0 radical (unpaired) electrons. The number of aromatic carboxylic acids is 1. The van der Waals surface area contributed by atoms with Gasteiger partial charge in [-0.05, 0) is 6.92 Å². The molecule has 0 bridgehead atoms. The van der Waals surface area contributed by atoms with E-state index in [1.54, 1.807) is 6.92 Å². The molecule has 1 fully saturated rings. The number of thiazole rings is 1. The lowest BCUT2D eigenvalue weighted by molar-refractivity contribution is -0.127. The zero-order valence-electron chi connectivity index (χ0n) is 9.27. The lowest BCUT2D eigenvalue weighted by Gasteiger charge is -2.27. The molecule has 1 saturated heterocycles. The van der Waals surface area contributed by atoms with Crippen molar-refractivity contribution in [2.45, 2.75) is 13.0 Å². The lowest BCUT2D eigenvalue weighted by atomic mass is 10.0. The number of nitrogens with zero attached hydrogens (tertiary/aromatic N) is 1. The Balaban J connectivity index is 1.96. The number of carbonyl (C=O) groups excluding carboxylic acids is 1. The highest BCUT2D eigenvalue weighted by Gasteiger charge is 2.26. The van der Waals surface area contributed by atoms with Gasteiger partial charge in [0.2, 0.25) is 5.91 Å². The molecule has 1 aromatic rings. The smallest absolute Gasteiger partial charge is 0.355 e. The minimum absolute atomic E-state index is 0.0108. The van der Waals surface area contributed by atoms with Crippen molar-refractivity contribution in [1.29, 1.82) is 0 Å². The Labute approximate surface area is 102 Å². The second kappa shape index (κ2) is 4.80. The van der Waals surface area contributed by atoms with Gasteiger partial charge < -0.3 is 15.7 Å². The van der Waals surface area contributed by atoms with E-state index >= 15 is 0 Å². The molecular formula is C10H13N3O3S. The van der Waals surface area contributed by atoms with Crippen molar-refractivity contribution in [3.63, 3.8) is 0 Å². The summed E-state index contributed by atoms with van der Waals surface area (Å²) < 4.78 is 0. The number of aromatic nitrogens is 1. The molecule has 1 unspecified atom stereocenters. The van der Waals surface area contributed by atoms with Crippen molar-refractivity contribution in [2.24, 2.45) is 5.92 Å². The van der Waals surface area contributed by atoms with Crippen LogP contribution in [0.15, 0.2) is 5.38 Å². The Morgan fingerprint density at radius 2 is 2.35 bits per heavy atom. The van der Waals surface area contributed by atoms with Crippen LogP contribution < -0.4 is 10.6 Å². The first kappa shape index (κ1) is 12.0. The SMILES string of the molecule is CC(NC(=O)C1CNC1)c1nc(C(=O)O)cs1. The van der Waals surface area contributed by atoms with Gasteiger partial charge in [0.1, 0.15) is 5.01 Å². The average molecular weight is 255 g/mol. The van der Waals surface area contributed by atoms with Crippen molar-refractivity contribution in [2.75, 3.05) is 13.1 Å². The van der Waals surface area contributed by atoms with Crippen LogP contribution in [0.1, 0.15) is 28.5 Å². The third kappa shape index (κ3) is 2.62. The van der Waals surface area contributed by atoms with E-state index in [4.69, 9.17) is 5.11 Å². The first-order valence-electron chi connectivity index (χ1n) is 5.27. The Hall–Kier alpha value is -1.47. The summed E-state index contributed by atoms with van der Waals surface area (Å²) in [5.74, 6) is -1.03. The second-order valence-electron chi connectivity index (χ2n) is 3.96. The fourth-order valence-corrected chi connectivity index (χ4v) is 2.25. The van der Waals surface area contributed by atoms with Gasteiger partial charge in [0, 0.05) is 18.5 Å². The first-order valence-corrected chi connectivity index (χ1v) is 6.15. The van der Waals surface area contributed by atoms with Crippen molar-refractivity contribution in [3.8, 4) is 0 Å². The maximum atomic E-state index is 11.7. The van der Waals surface area contributed by atoms with Crippen LogP contribution in [-0.2, 0) is 4.79 Å². The van der Waals surface area contributed by atoms with Crippen LogP contribution in [0.5, 0.6) is 0 Å². The van der Waals surface area contributed by atoms with Crippen LogP contribution in [0.25, 0.3) is 0 Å². The molecule has 3 N–H and O–H groups in total. The van der Waals surface area contributed by atoms with E-state index in [1.165, 1.54) is 16.7 Å². The van der Waals surface area contributed by atoms with Crippen LogP contribution in [0.3, 0.4) is 0 Å². The highest BCUT2D eigenvalue weighted by atomic mass is 32.1. The van der Waals surface area contributed by atoms with Crippen molar-refractivity contribution in [3.05, 3.63) is 16.1 Å². The number of nitrogens with one attached hydrogen (secondary N) is 2. The van der Waals surface area contributed by atoms with Gasteiger partial charge in [0.05, 0.1) is 12.0 Å². The van der Waals surface area contributed by atoms with E-state index in [9.17, 15) is 9.59 Å². The quantitative estimate of drug-likeness (QED) is 0.716. The minimum Gasteiger partial charge on any atom is -0.476 e. The molecule has 7 heteroatoms. The Kier molecular flexibility index (Phi) is 3.39. The molecule has 6 nitrogen and oxygen atoms in total. The molecule has 0 saturated carbocycles. The van der Waals surface area contributed by atoms with Gasteiger partial charge in [-0.2, -0.15) is 0 Å². The third-order valence-corrected chi connectivity index (χ3v) is 3.65. The van der Waals surface area contributed by atoms with Crippen LogP contribution >= 0.6 is 11.3 Å². The van der Waals surface area contributed by atoms with Crippen LogP contribution in [0.4, 0.5) is 0 Å². The highest BCUT2D eigenvalue weighted by molar-refractivity contribution is 7.09. The molecule has 17 heavy (non-hydrogen) atoms. The summed E-state index contributed by atoms with van der Waals surface area (Å²) in [6, 6.07) is -0.249. The Morgan fingerprint density at radius 3 is 2.82 bits per heavy atom. The molecule has 1 aliphatic heterocycles. The number of hydrogen-bond donors (Lipinski definition) is 3. The molecule has 92 valence electrons.